The predicted molar refractivity (Wildman–Crippen MR) is 73.7 cm³/mol. The van der Waals surface area contributed by atoms with Crippen LogP contribution in [0.5, 0.6) is 0 Å². The molecule has 1 aliphatic carbocycles. The lowest BCUT2D eigenvalue weighted by atomic mass is 9.67. The highest BCUT2D eigenvalue weighted by atomic mass is 14.4. The predicted octanol–water partition coefficient (Wildman–Crippen LogP) is 5.81. The summed E-state index contributed by atoms with van der Waals surface area (Å²) in [6.07, 6.45) is 13.2. The molecule has 1 aliphatic rings. The first-order valence-electron chi connectivity index (χ1n) is 7.54. The second-order valence-electron chi connectivity index (χ2n) is 6.81. The van der Waals surface area contributed by atoms with Crippen molar-refractivity contribution in [2.75, 3.05) is 0 Å². The van der Waals surface area contributed by atoms with Crippen molar-refractivity contribution in [1.82, 2.24) is 0 Å². The van der Waals surface area contributed by atoms with E-state index < -0.39 is 0 Å². The van der Waals surface area contributed by atoms with Crippen LogP contribution in [0, 0.1) is 17.3 Å². The molecule has 0 saturated heterocycles. The Bertz CT molecular complexity index is 182. The average Bonchev–Trinajstić information content (AvgIpc) is 2.20. The minimum atomic E-state index is 0.617. The number of hydrogen-bond acceptors (Lipinski definition) is 0. The summed E-state index contributed by atoms with van der Waals surface area (Å²) in [5.41, 5.74) is 0.617. The van der Waals surface area contributed by atoms with E-state index in [4.69, 9.17) is 0 Å². The van der Waals surface area contributed by atoms with Crippen molar-refractivity contribution in [3.8, 4) is 0 Å². The molecule has 0 aliphatic heterocycles. The molecule has 0 bridgehead atoms. The van der Waals surface area contributed by atoms with Crippen LogP contribution in [0.25, 0.3) is 0 Å². The summed E-state index contributed by atoms with van der Waals surface area (Å²) >= 11 is 0. The Morgan fingerprint density at radius 3 is 2.19 bits per heavy atom. The van der Waals surface area contributed by atoms with Gasteiger partial charge in [0.05, 0.1) is 0 Å². The van der Waals surface area contributed by atoms with Gasteiger partial charge in [-0.05, 0) is 30.1 Å². The molecular formula is C16H32. The lowest BCUT2D eigenvalue weighted by molar-refractivity contribution is 0.126. The molecule has 0 aromatic rings. The third-order valence-electron chi connectivity index (χ3n) is 4.70. The standard InChI is InChI=1S/C16H32/c1-14(2)13-16(4)12-10-8-6-5-7-9-11-15(16)3/h14-15H,5-13H2,1-4H3. The van der Waals surface area contributed by atoms with Crippen molar-refractivity contribution < 1.29 is 0 Å². The van der Waals surface area contributed by atoms with Crippen LogP contribution in [0.1, 0.15) is 85.5 Å². The molecule has 0 amide bonds. The van der Waals surface area contributed by atoms with Crippen molar-refractivity contribution in [3.63, 3.8) is 0 Å². The number of hydrogen-bond donors (Lipinski definition) is 0. The highest BCUT2D eigenvalue weighted by Gasteiger charge is 2.31. The topological polar surface area (TPSA) is 0 Å². The van der Waals surface area contributed by atoms with Gasteiger partial charge < -0.3 is 0 Å². The molecule has 0 radical (unpaired) electrons. The Morgan fingerprint density at radius 1 is 1.00 bits per heavy atom. The molecule has 2 atom stereocenters. The van der Waals surface area contributed by atoms with Gasteiger partial charge in [0, 0.05) is 0 Å². The fraction of sp³-hybridized carbons (Fsp3) is 1.00. The monoisotopic (exact) mass is 224 g/mol. The minimum Gasteiger partial charge on any atom is -0.0628 e. The molecule has 1 saturated carbocycles. The van der Waals surface area contributed by atoms with Gasteiger partial charge in [0.1, 0.15) is 0 Å². The zero-order chi connectivity index (χ0) is 12.0. The molecule has 0 nitrogen and oxygen atoms in total. The molecule has 0 spiro atoms. The highest BCUT2D eigenvalue weighted by molar-refractivity contribution is 4.81. The van der Waals surface area contributed by atoms with Crippen LogP contribution in [-0.2, 0) is 0 Å². The van der Waals surface area contributed by atoms with Gasteiger partial charge in [0.15, 0.2) is 0 Å². The van der Waals surface area contributed by atoms with Gasteiger partial charge in [-0.15, -0.1) is 0 Å². The van der Waals surface area contributed by atoms with Crippen molar-refractivity contribution in [2.24, 2.45) is 17.3 Å². The van der Waals surface area contributed by atoms with Crippen LogP contribution in [0.4, 0.5) is 0 Å². The summed E-state index contributed by atoms with van der Waals surface area (Å²) in [5.74, 6) is 1.78. The Kier molecular flexibility index (Phi) is 5.86. The third-order valence-corrected chi connectivity index (χ3v) is 4.70. The van der Waals surface area contributed by atoms with Gasteiger partial charge in [-0.1, -0.05) is 72.6 Å². The van der Waals surface area contributed by atoms with Crippen molar-refractivity contribution in [1.29, 1.82) is 0 Å². The molecular weight excluding hydrogens is 192 g/mol. The van der Waals surface area contributed by atoms with Gasteiger partial charge in [-0.3, -0.25) is 0 Å². The lowest BCUT2D eigenvalue weighted by Crippen LogP contribution is -2.27. The van der Waals surface area contributed by atoms with Crippen LogP contribution in [0.3, 0.4) is 0 Å². The second kappa shape index (κ2) is 6.67. The van der Waals surface area contributed by atoms with Crippen molar-refractivity contribution in [2.45, 2.75) is 85.5 Å². The van der Waals surface area contributed by atoms with E-state index >= 15 is 0 Å². The maximum atomic E-state index is 2.55. The van der Waals surface area contributed by atoms with Crippen LogP contribution < -0.4 is 0 Å². The largest absolute Gasteiger partial charge is 0.0628 e. The fourth-order valence-corrected chi connectivity index (χ4v) is 3.52. The van der Waals surface area contributed by atoms with E-state index in [9.17, 15) is 0 Å². The lowest BCUT2D eigenvalue weighted by Gasteiger charge is -2.38. The maximum absolute atomic E-state index is 2.55. The maximum Gasteiger partial charge on any atom is -0.0298 e. The molecule has 0 aromatic heterocycles. The fourth-order valence-electron chi connectivity index (χ4n) is 3.52. The smallest absolute Gasteiger partial charge is 0.0298 e. The molecule has 96 valence electrons. The highest BCUT2D eigenvalue weighted by Crippen LogP contribution is 2.42. The Hall–Kier alpha value is 0. The van der Waals surface area contributed by atoms with E-state index in [1.807, 2.05) is 0 Å². The summed E-state index contributed by atoms with van der Waals surface area (Å²) in [4.78, 5) is 0. The summed E-state index contributed by atoms with van der Waals surface area (Å²) in [7, 11) is 0. The first kappa shape index (κ1) is 14.1. The van der Waals surface area contributed by atoms with Gasteiger partial charge in [-0.2, -0.15) is 0 Å². The first-order valence-corrected chi connectivity index (χ1v) is 7.54. The van der Waals surface area contributed by atoms with E-state index in [0.29, 0.717) is 5.41 Å². The van der Waals surface area contributed by atoms with Gasteiger partial charge in [0.25, 0.3) is 0 Å². The third kappa shape index (κ3) is 4.47. The van der Waals surface area contributed by atoms with Crippen molar-refractivity contribution >= 4 is 0 Å². The van der Waals surface area contributed by atoms with Crippen LogP contribution in [0.15, 0.2) is 0 Å². The Labute approximate surface area is 103 Å². The van der Waals surface area contributed by atoms with Gasteiger partial charge in [-0.25, -0.2) is 0 Å². The van der Waals surface area contributed by atoms with E-state index in [2.05, 4.69) is 27.7 Å². The van der Waals surface area contributed by atoms with Crippen LogP contribution in [-0.4, -0.2) is 0 Å². The SMILES string of the molecule is CC(C)CC1(C)CCCCCCCCC1C. The minimum absolute atomic E-state index is 0.617. The molecule has 1 rings (SSSR count). The summed E-state index contributed by atoms with van der Waals surface area (Å²) in [6.45, 7) is 9.83. The quantitative estimate of drug-likeness (QED) is 0.555. The van der Waals surface area contributed by atoms with E-state index in [1.165, 1.54) is 57.8 Å². The summed E-state index contributed by atoms with van der Waals surface area (Å²) < 4.78 is 0. The van der Waals surface area contributed by atoms with E-state index in [1.54, 1.807) is 0 Å². The molecule has 16 heavy (non-hydrogen) atoms. The Morgan fingerprint density at radius 2 is 1.56 bits per heavy atom. The van der Waals surface area contributed by atoms with Crippen molar-refractivity contribution in [3.05, 3.63) is 0 Å². The van der Waals surface area contributed by atoms with Gasteiger partial charge >= 0.3 is 0 Å². The summed E-state index contributed by atoms with van der Waals surface area (Å²) in [6, 6.07) is 0. The molecule has 2 unspecified atom stereocenters. The number of rotatable bonds is 2. The molecule has 1 fully saturated rings. The molecule has 0 heterocycles. The second-order valence-corrected chi connectivity index (χ2v) is 6.81. The van der Waals surface area contributed by atoms with Crippen LogP contribution in [0.2, 0.25) is 0 Å². The van der Waals surface area contributed by atoms with Gasteiger partial charge in [0.2, 0.25) is 0 Å². The zero-order valence-corrected chi connectivity index (χ0v) is 12.0. The zero-order valence-electron chi connectivity index (χ0n) is 12.0. The Balaban J connectivity index is 2.58. The van der Waals surface area contributed by atoms with Crippen LogP contribution >= 0.6 is 0 Å². The molecule has 0 aromatic carbocycles. The normalized spacial score (nSPS) is 33.9. The summed E-state index contributed by atoms with van der Waals surface area (Å²) in [5, 5.41) is 0. The van der Waals surface area contributed by atoms with E-state index in [0.717, 1.165) is 11.8 Å². The van der Waals surface area contributed by atoms with E-state index in [-0.39, 0.29) is 0 Å². The average molecular weight is 224 g/mol. The molecule has 0 N–H and O–H groups in total. The first-order chi connectivity index (χ1) is 7.54. The molecule has 0 heteroatoms.